The summed E-state index contributed by atoms with van der Waals surface area (Å²) in [6, 6.07) is 7.82. The fourth-order valence-corrected chi connectivity index (χ4v) is 3.18. The lowest BCUT2D eigenvalue weighted by molar-refractivity contribution is 0.310. The molecule has 0 radical (unpaired) electrons. The zero-order valence-electron chi connectivity index (χ0n) is 17.2. The van der Waals surface area contributed by atoms with E-state index in [4.69, 9.17) is 9.47 Å². The molecule has 2 heterocycles. The van der Waals surface area contributed by atoms with E-state index < -0.39 is 0 Å². The number of nitrogens with one attached hydrogen (secondary N) is 1. The molecule has 0 aliphatic carbocycles. The van der Waals surface area contributed by atoms with Gasteiger partial charge in [-0.15, -0.1) is 24.0 Å². The molecule has 9 heteroatoms. The molecular weight excluding hydrogens is 483 g/mol. The normalized spacial score (nSPS) is 14.2. The summed E-state index contributed by atoms with van der Waals surface area (Å²) < 4.78 is 11.0. The van der Waals surface area contributed by atoms with Gasteiger partial charge in [0.2, 0.25) is 5.95 Å². The number of methoxy groups -OCH3 is 1. The van der Waals surface area contributed by atoms with Crippen LogP contribution >= 0.6 is 24.0 Å². The smallest absolute Gasteiger partial charge is 0.225 e. The first-order chi connectivity index (χ1) is 13.7. The maximum Gasteiger partial charge on any atom is 0.225 e. The van der Waals surface area contributed by atoms with E-state index >= 15 is 0 Å². The standard InChI is InChI=1S/C20H28N6O2.HI/c1-4-28-17-7-6-16(14-18(17)27-3)15-24-19(21-2)25-10-12-26(13-11-25)20-22-8-5-9-23-20;/h5-9,14H,4,10-13,15H2,1-3H3,(H,21,24);1H. The van der Waals surface area contributed by atoms with Crippen molar-refractivity contribution >= 4 is 35.9 Å². The Morgan fingerprint density at radius 1 is 1.14 bits per heavy atom. The number of anilines is 1. The molecular formula is C20H29IN6O2. The van der Waals surface area contributed by atoms with Gasteiger partial charge in [0.25, 0.3) is 0 Å². The van der Waals surface area contributed by atoms with Gasteiger partial charge in [0.05, 0.1) is 13.7 Å². The second-order valence-electron chi connectivity index (χ2n) is 6.34. The average molecular weight is 512 g/mol. The van der Waals surface area contributed by atoms with Crippen molar-refractivity contribution in [2.45, 2.75) is 13.5 Å². The Morgan fingerprint density at radius 2 is 1.86 bits per heavy atom. The molecule has 3 rings (SSSR count). The van der Waals surface area contributed by atoms with Crippen molar-refractivity contribution in [1.82, 2.24) is 20.2 Å². The average Bonchev–Trinajstić information content (AvgIpc) is 2.76. The van der Waals surface area contributed by atoms with Gasteiger partial charge in [0.15, 0.2) is 17.5 Å². The van der Waals surface area contributed by atoms with Crippen molar-refractivity contribution in [1.29, 1.82) is 0 Å². The van der Waals surface area contributed by atoms with Gasteiger partial charge in [0, 0.05) is 52.2 Å². The molecule has 1 fully saturated rings. The first-order valence-corrected chi connectivity index (χ1v) is 9.52. The lowest BCUT2D eigenvalue weighted by Gasteiger charge is -2.36. The lowest BCUT2D eigenvalue weighted by atomic mass is 10.2. The van der Waals surface area contributed by atoms with Gasteiger partial charge in [0.1, 0.15) is 0 Å². The third kappa shape index (κ3) is 6.09. The van der Waals surface area contributed by atoms with E-state index in [0.29, 0.717) is 13.2 Å². The first kappa shape index (κ1) is 23.0. The highest BCUT2D eigenvalue weighted by Crippen LogP contribution is 2.28. The van der Waals surface area contributed by atoms with E-state index in [-0.39, 0.29) is 24.0 Å². The Labute approximate surface area is 189 Å². The van der Waals surface area contributed by atoms with Crippen LogP contribution < -0.4 is 19.7 Å². The van der Waals surface area contributed by atoms with Crippen molar-refractivity contribution in [2.24, 2.45) is 4.99 Å². The third-order valence-corrected chi connectivity index (χ3v) is 4.60. The minimum absolute atomic E-state index is 0. The van der Waals surface area contributed by atoms with Crippen LogP contribution in [0.15, 0.2) is 41.7 Å². The summed E-state index contributed by atoms with van der Waals surface area (Å²) in [7, 11) is 3.47. The molecule has 1 N–H and O–H groups in total. The summed E-state index contributed by atoms with van der Waals surface area (Å²) in [5.74, 6) is 3.18. The monoisotopic (exact) mass is 512 g/mol. The Kier molecular flexibility index (Phi) is 9.23. The summed E-state index contributed by atoms with van der Waals surface area (Å²) in [5.41, 5.74) is 1.11. The molecule has 1 aromatic carbocycles. The maximum atomic E-state index is 5.58. The van der Waals surface area contributed by atoms with Gasteiger partial charge >= 0.3 is 0 Å². The largest absolute Gasteiger partial charge is 0.493 e. The van der Waals surface area contributed by atoms with Gasteiger partial charge in [-0.2, -0.15) is 0 Å². The van der Waals surface area contributed by atoms with E-state index in [1.807, 2.05) is 38.2 Å². The number of ether oxygens (including phenoxy) is 2. The summed E-state index contributed by atoms with van der Waals surface area (Å²) in [6.07, 6.45) is 3.56. The van der Waals surface area contributed by atoms with Crippen LogP contribution in [0, 0.1) is 0 Å². The predicted molar refractivity (Wildman–Crippen MR) is 126 cm³/mol. The molecule has 0 unspecified atom stereocenters. The number of nitrogens with zero attached hydrogens (tertiary/aromatic N) is 5. The van der Waals surface area contributed by atoms with Gasteiger partial charge in [-0.05, 0) is 30.7 Å². The van der Waals surface area contributed by atoms with Gasteiger partial charge in [-0.1, -0.05) is 6.07 Å². The van der Waals surface area contributed by atoms with E-state index in [1.165, 1.54) is 0 Å². The molecule has 158 valence electrons. The van der Waals surface area contributed by atoms with Gasteiger partial charge < -0.3 is 24.6 Å². The van der Waals surface area contributed by atoms with Gasteiger partial charge in [-0.3, -0.25) is 4.99 Å². The van der Waals surface area contributed by atoms with Crippen molar-refractivity contribution in [3.8, 4) is 11.5 Å². The predicted octanol–water partition coefficient (Wildman–Crippen LogP) is 2.40. The van der Waals surface area contributed by atoms with E-state index in [1.54, 1.807) is 19.5 Å². The minimum atomic E-state index is 0. The van der Waals surface area contributed by atoms with Crippen LogP contribution in [0.3, 0.4) is 0 Å². The number of halogens is 1. The number of benzene rings is 1. The Bertz CT molecular complexity index is 782. The number of guanidine groups is 1. The Balaban J connectivity index is 0.00000300. The molecule has 0 amide bonds. The molecule has 0 spiro atoms. The molecule has 1 aromatic heterocycles. The molecule has 1 aliphatic heterocycles. The van der Waals surface area contributed by atoms with Crippen LogP contribution in [0.4, 0.5) is 5.95 Å². The second-order valence-corrected chi connectivity index (χ2v) is 6.34. The third-order valence-electron chi connectivity index (χ3n) is 4.60. The summed E-state index contributed by atoms with van der Waals surface area (Å²) >= 11 is 0. The van der Waals surface area contributed by atoms with Crippen LogP contribution in [0.1, 0.15) is 12.5 Å². The summed E-state index contributed by atoms with van der Waals surface area (Å²) in [5, 5.41) is 3.44. The van der Waals surface area contributed by atoms with E-state index in [0.717, 1.165) is 55.1 Å². The highest BCUT2D eigenvalue weighted by atomic mass is 127. The second kappa shape index (κ2) is 11.6. The Hall–Kier alpha value is -2.30. The zero-order chi connectivity index (χ0) is 19.8. The topological polar surface area (TPSA) is 75.1 Å². The molecule has 0 saturated carbocycles. The number of hydrogen-bond acceptors (Lipinski definition) is 6. The molecule has 0 atom stereocenters. The quantitative estimate of drug-likeness (QED) is 0.362. The molecule has 1 saturated heterocycles. The fourth-order valence-electron chi connectivity index (χ4n) is 3.18. The van der Waals surface area contributed by atoms with E-state index in [9.17, 15) is 0 Å². The number of rotatable bonds is 6. The number of hydrogen-bond donors (Lipinski definition) is 1. The first-order valence-electron chi connectivity index (χ1n) is 9.52. The SMILES string of the molecule is CCOc1ccc(CNC(=NC)N2CCN(c3ncccn3)CC2)cc1OC.I. The molecule has 0 bridgehead atoms. The lowest BCUT2D eigenvalue weighted by Crippen LogP contribution is -2.52. The maximum absolute atomic E-state index is 5.58. The number of aliphatic imine (C=N–C) groups is 1. The summed E-state index contributed by atoms with van der Waals surface area (Å²) in [4.78, 5) is 17.6. The number of aromatic nitrogens is 2. The zero-order valence-corrected chi connectivity index (χ0v) is 19.5. The van der Waals surface area contributed by atoms with Crippen LogP contribution in [0.5, 0.6) is 11.5 Å². The minimum Gasteiger partial charge on any atom is -0.493 e. The van der Waals surface area contributed by atoms with Crippen LogP contribution in [0.2, 0.25) is 0 Å². The van der Waals surface area contributed by atoms with Crippen LogP contribution in [-0.2, 0) is 6.54 Å². The summed E-state index contributed by atoms with van der Waals surface area (Å²) in [6.45, 7) is 6.69. The molecule has 2 aromatic rings. The van der Waals surface area contributed by atoms with Crippen molar-refractivity contribution < 1.29 is 9.47 Å². The van der Waals surface area contributed by atoms with E-state index in [2.05, 4.69) is 30.1 Å². The van der Waals surface area contributed by atoms with Crippen molar-refractivity contribution in [3.63, 3.8) is 0 Å². The van der Waals surface area contributed by atoms with Crippen molar-refractivity contribution in [3.05, 3.63) is 42.2 Å². The van der Waals surface area contributed by atoms with Crippen LogP contribution in [-0.4, -0.2) is 67.8 Å². The highest BCUT2D eigenvalue weighted by Gasteiger charge is 2.21. The van der Waals surface area contributed by atoms with Crippen LogP contribution in [0.25, 0.3) is 0 Å². The molecule has 1 aliphatic rings. The molecule has 29 heavy (non-hydrogen) atoms. The Morgan fingerprint density at radius 3 is 2.48 bits per heavy atom. The highest BCUT2D eigenvalue weighted by molar-refractivity contribution is 14.0. The molecule has 8 nitrogen and oxygen atoms in total. The van der Waals surface area contributed by atoms with Crippen molar-refractivity contribution in [2.75, 3.05) is 51.8 Å². The fraction of sp³-hybridized carbons (Fsp3) is 0.450. The van der Waals surface area contributed by atoms with Gasteiger partial charge in [-0.25, -0.2) is 9.97 Å². The number of piperazine rings is 1.